The van der Waals surface area contributed by atoms with Gasteiger partial charge in [0.2, 0.25) is 0 Å². The van der Waals surface area contributed by atoms with E-state index in [0.717, 1.165) is 6.42 Å². The van der Waals surface area contributed by atoms with Gasteiger partial charge < -0.3 is 4.74 Å². The zero-order chi connectivity index (χ0) is 12.0. The second kappa shape index (κ2) is 5.92. The maximum absolute atomic E-state index is 13.5. The van der Waals surface area contributed by atoms with Gasteiger partial charge in [0.25, 0.3) is 0 Å². The van der Waals surface area contributed by atoms with Crippen LogP contribution in [0.15, 0.2) is 18.2 Å². The van der Waals surface area contributed by atoms with Crippen molar-refractivity contribution in [1.82, 2.24) is 0 Å². The Kier molecular flexibility index (Phi) is 4.53. The van der Waals surface area contributed by atoms with E-state index in [1.807, 2.05) is 0 Å². The van der Waals surface area contributed by atoms with Crippen molar-refractivity contribution in [2.24, 2.45) is 0 Å². The molecule has 1 aromatic carbocycles. The molecule has 1 rings (SSSR count). The molecule has 0 aromatic heterocycles. The van der Waals surface area contributed by atoms with Crippen LogP contribution in [0.3, 0.4) is 0 Å². The van der Waals surface area contributed by atoms with Crippen molar-refractivity contribution in [3.05, 3.63) is 35.1 Å². The van der Waals surface area contributed by atoms with Gasteiger partial charge in [-0.3, -0.25) is 0 Å². The molecule has 1 aromatic rings. The average Bonchev–Trinajstić information content (AvgIpc) is 2.30. The summed E-state index contributed by atoms with van der Waals surface area (Å²) in [4.78, 5) is 11.1. The molecule has 0 atom stereocenters. The standard InChI is InChI=1S/C13H13FO2/c1-3-4-5-6-10-7-8-11(9-12(10)14)13(15)16-2/h1,7-9H,4-6H2,2H3. The average molecular weight is 220 g/mol. The van der Waals surface area contributed by atoms with Crippen LogP contribution in [0, 0.1) is 18.2 Å². The lowest BCUT2D eigenvalue weighted by Crippen LogP contribution is -2.03. The quantitative estimate of drug-likeness (QED) is 0.443. The van der Waals surface area contributed by atoms with Gasteiger partial charge in [-0.25, -0.2) is 9.18 Å². The van der Waals surface area contributed by atoms with E-state index in [9.17, 15) is 9.18 Å². The van der Waals surface area contributed by atoms with E-state index < -0.39 is 5.97 Å². The summed E-state index contributed by atoms with van der Waals surface area (Å²) < 4.78 is 18.0. The van der Waals surface area contributed by atoms with Gasteiger partial charge >= 0.3 is 5.97 Å². The third-order valence-corrected chi connectivity index (χ3v) is 2.24. The maximum Gasteiger partial charge on any atom is 0.337 e. The summed E-state index contributed by atoms with van der Waals surface area (Å²) in [6.45, 7) is 0. The van der Waals surface area contributed by atoms with E-state index in [1.165, 1.54) is 13.2 Å². The molecule has 0 fully saturated rings. The van der Waals surface area contributed by atoms with E-state index in [0.29, 0.717) is 18.4 Å². The van der Waals surface area contributed by atoms with Crippen molar-refractivity contribution in [1.29, 1.82) is 0 Å². The lowest BCUT2D eigenvalue weighted by Gasteiger charge is -2.04. The number of carbonyl (C=O) groups excluding carboxylic acids is 1. The summed E-state index contributed by atoms with van der Waals surface area (Å²) >= 11 is 0. The highest BCUT2D eigenvalue weighted by atomic mass is 19.1. The monoisotopic (exact) mass is 220 g/mol. The summed E-state index contributed by atoms with van der Waals surface area (Å²) in [7, 11) is 1.26. The largest absolute Gasteiger partial charge is 0.465 e. The topological polar surface area (TPSA) is 26.3 Å². The highest BCUT2D eigenvalue weighted by molar-refractivity contribution is 5.89. The first-order chi connectivity index (χ1) is 7.69. The van der Waals surface area contributed by atoms with E-state index in [1.54, 1.807) is 12.1 Å². The predicted molar refractivity (Wildman–Crippen MR) is 59.5 cm³/mol. The van der Waals surface area contributed by atoms with Crippen LogP contribution in [0.2, 0.25) is 0 Å². The number of terminal acetylenes is 1. The molecular formula is C13H13FO2. The Morgan fingerprint density at radius 2 is 2.31 bits per heavy atom. The summed E-state index contributed by atoms with van der Waals surface area (Å²) in [6.07, 6.45) is 7.05. The molecule has 0 N–H and O–H groups in total. The summed E-state index contributed by atoms with van der Waals surface area (Å²) in [5, 5.41) is 0. The molecule has 0 aliphatic rings. The van der Waals surface area contributed by atoms with Gasteiger partial charge in [-0.1, -0.05) is 6.07 Å². The molecular weight excluding hydrogens is 207 g/mol. The Morgan fingerprint density at radius 3 is 2.88 bits per heavy atom. The van der Waals surface area contributed by atoms with Crippen molar-refractivity contribution in [2.75, 3.05) is 7.11 Å². The highest BCUT2D eigenvalue weighted by Crippen LogP contribution is 2.13. The number of hydrogen-bond donors (Lipinski definition) is 0. The normalized spacial score (nSPS) is 9.56. The Bertz CT molecular complexity index is 418. The third kappa shape index (κ3) is 3.09. The van der Waals surface area contributed by atoms with Gasteiger partial charge in [0.15, 0.2) is 0 Å². The van der Waals surface area contributed by atoms with Crippen molar-refractivity contribution in [2.45, 2.75) is 19.3 Å². The van der Waals surface area contributed by atoms with E-state index >= 15 is 0 Å². The van der Waals surface area contributed by atoms with Crippen LogP contribution in [0.5, 0.6) is 0 Å². The van der Waals surface area contributed by atoms with Crippen LogP contribution in [-0.2, 0) is 11.2 Å². The Balaban J connectivity index is 2.76. The molecule has 0 aliphatic heterocycles. The first kappa shape index (κ1) is 12.3. The molecule has 16 heavy (non-hydrogen) atoms. The number of esters is 1. The van der Waals surface area contributed by atoms with Gasteiger partial charge in [-0.05, 0) is 30.5 Å². The van der Waals surface area contributed by atoms with Gasteiger partial charge in [0, 0.05) is 6.42 Å². The fourth-order valence-corrected chi connectivity index (χ4v) is 1.38. The molecule has 0 saturated heterocycles. The number of aryl methyl sites for hydroxylation is 1. The van der Waals surface area contributed by atoms with Crippen LogP contribution in [0.1, 0.15) is 28.8 Å². The Morgan fingerprint density at radius 1 is 1.56 bits per heavy atom. The van der Waals surface area contributed by atoms with Gasteiger partial charge in [-0.15, -0.1) is 12.3 Å². The molecule has 0 bridgehead atoms. The third-order valence-electron chi connectivity index (χ3n) is 2.24. The van der Waals surface area contributed by atoms with Crippen molar-refractivity contribution in [3.8, 4) is 12.3 Å². The Labute approximate surface area is 94.4 Å². The van der Waals surface area contributed by atoms with Crippen LogP contribution < -0.4 is 0 Å². The number of unbranched alkanes of at least 4 members (excludes halogenated alkanes) is 1. The molecule has 0 aliphatic carbocycles. The Hall–Kier alpha value is -1.82. The number of methoxy groups -OCH3 is 1. The van der Waals surface area contributed by atoms with Crippen molar-refractivity contribution in [3.63, 3.8) is 0 Å². The molecule has 0 saturated carbocycles. The van der Waals surface area contributed by atoms with Crippen molar-refractivity contribution >= 4 is 5.97 Å². The molecule has 0 unspecified atom stereocenters. The molecule has 0 radical (unpaired) electrons. The van der Waals surface area contributed by atoms with Gasteiger partial charge in [0.05, 0.1) is 12.7 Å². The number of halogens is 1. The molecule has 0 heterocycles. The molecule has 0 amide bonds. The molecule has 84 valence electrons. The van der Waals surface area contributed by atoms with Crippen LogP contribution in [0.4, 0.5) is 4.39 Å². The van der Waals surface area contributed by atoms with E-state index in [2.05, 4.69) is 10.7 Å². The van der Waals surface area contributed by atoms with E-state index in [4.69, 9.17) is 6.42 Å². The fraction of sp³-hybridized carbons (Fsp3) is 0.308. The summed E-state index contributed by atoms with van der Waals surface area (Å²) in [5.74, 6) is 1.58. The number of ether oxygens (including phenoxy) is 1. The zero-order valence-electron chi connectivity index (χ0n) is 9.13. The fourth-order valence-electron chi connectivity index (χ4n) is 1.38. The first-order valence-corrected chi connectivity index (χ1v) is 4.99. The molecule has 2 nitrogen and oxygen atoms in total. The summed E-state index contributed by atoms with van der Waals surface area (Å²) in [6, 6.07) is 4.34. The van der Waals surface area contributed by atoms with Crippen LogP contribution in [0.25, 0.3) is 0 Å². The second-order valence-corrected chi connectivity index (χ2v) is 3.36. The zero-order valence-corrected chi connectivity index (χ0v) is 9.13. The lowest BCUT2D eigenvalue weighted by molar-refractivity contribution is 0.0600. The van der Waals surface area contributed by atoms with Crippen LogP contribution >= 0.6 is 0 Å². The van der Waals surface area contributed by atoms with Gasteiger partial charge in [-0.2, -0.15) is 0 Å². The number of rotatable bonds is 4. The second-order valence-electron chi connectivity index (χ2n) is 3.36. The van der Waals surface area contributed by atoms with Crippen molar-refractivity contribution < 1.29 is 13.9 Å². The van der Waals surface area contributed by atoms with Crippen LogP contribution in [-0.4, -0.2) is 13.1 Å². The number of hydrogen-bond acceptors (Lipinski definition) is 2. The van der Waals surface area contributed by atoms with Gasteiger partial charge in [0.1, 0.15) is 5.82 Å². The SMILES string of the molecule is C#CCCCc1ccc(C(=O)OC)cc1F. The highest BCUT2D eigenvalue weighted by Gasteiger charge is 2.09. The number of benzene rings is 1. The lowest BCUT2D eigenvalue weighted by atomic mass is 10.1. The maximum atomic E-state index is 13.5. The smallest absolute Gasteiger partial charge is 0.337 e. The minimum absolute atomic E-state index is 0.223. The molecule has 0 spiro atoms. The predicted octanol–water partition coefficient (Wildman–Crippen LogP) is 2.57. The molecule has 3 heteroatoms. The number of carbonyl (C=O) groups is 1. The summed E-state index contributed by atoms with van der Waals surface area (Å²) in [5.41, 5.74) is 0.795. The minimum Gasteiger partial charge on any atom is -0.465 e. The van der Waals surface area contributed by atoms with E-state index in [-0.39, 0.29) is 11.4 Å². The minimum atomic E-state index is -0.533. The first-order valence-electron chi connectivity index (χ1n) is 4.99.